The van der Waals surface area contributed by atoms with E-state index < -0.39 is 68.2 Å². The van der Waals surface area contributed by atoms with Gasteiger partial charge < -0.3 is 24.8 Å². The van der Waals surface area contributed by atoms with Gasteiger partial charge >= 0.3 is 6.09 Å². The Kier molecular flexibility index (Phi) is 11.0. The van der Waals surface area contributed by atoms with Gasteiger partial charge in [0.1, 0.15) is 29.5 Å². The van der Waals surface area contributed by atoms with Crippen LogP contribution < -0.4 is 19.5 Å². The molecule has 0 radical (unpaired) electrons. The van der Waals surface area contributed by atoms with E-state index in [-0.39, 0.29) is 43.2 Å². The second-order valence-corrected chi connectivity index (χ2v) is 20.1. The van der Waals surface area contributed by atoms with Gasteiger partial charge in [0.25, 0.3) is 5.91 Å². The van der Waals surface area contributed by atoms with Crippen LogP contribution in [0.1, 0.15) is 98.8 Å². The van der Waals surface area contributed by atoms with Crippen molar-refractivity contribution in [1.82, 2.24) is 24.8 Å². The van der Waals surface area contributed by atoms with Gasteiger partial charge in [0.15, 0.2) is 0 Å². The molecule has 3 heterocycles. The number of pyridine rings is 1. The number of allylic oxidation sites excluding steroid dienone is 1. The van der Waals surface area contributed by atoms with Crippen molar-refractivity contribution >= 4 is 44.6 Å². The molecule has 15 heteroatoms. The molecule has 3 N–H and O–H groups in total. The minimum Gasteiger partial charge on any atom is -0.491 e. The van der Waals surface area contributed by atoms with Crippen LogP contribution in [0.2, 0.25) is 0 Å². The van der Waals surface area contributed by atoms with E-state index in [1.165, 1.54) is 9.80 Å². The van der Waals surface area contributed by atoms with Gasteiger partial charge in [-0.2, -0.15) is 0 Å². The molecule has 1 saturated heterocycles. The third-order valence-electron chi connectivity index (χ3n) is 12.9. The first-order valence-electron chi connectivity index (χ1n) is 20.5. The summed E-state index contributed by atoms with van der Waals surface area (Å²) in [7, 11) is -4.01. The van der Waals surface area contributed by atoms with Gasteiger partial charge in [-0.15, -0.1) is 0 Å². The molecular weight excluding hydrogens is 751 g/mol. The average molecular weight is 808 g/mol. The Balaban J connectivity index is 1.25. The van der Waals surface area contributed by atoms with E-state index in [0.717, 1.165) is 31.1 Å². The number of carbonyl (C=O) groups excluding carboxylic acids is 3. The molecule has 7 rings (SSSR count). The fourth-order valence-corrected chi connectivity index (χ4v) is 9.92. The zero-order chi connectivity index (χ0) is 40.9. The van der Waals surface area contributed by atoms with Crippen molar-refractivity contribution < 1.29 is 42.2 Å². The summed E-state index contributed by atoms with van der Waals surface area (Å²) in [4.78, 5) is 64.1. The lowest BCUT2D eigenvalue weighted by Crippen LogP contribution is -2.60. The SMILES string of the molecule is CCCOc1cnc(O[C@@H]2C[C@H]3C(=O)N[C@]4(C(=O)NS(=O)(=O)C5(C)CC5)C[C@H]4C=CCC[C@H](C)C[C@@H](C)[C@H](N(CC4(C)CC4)C(=O)O)C(=O)N3C2)c2ccccc12. The number of aromatic nitrogens is 1. The van der Waals surface area contributed by atoms with Gasteiger partial charge in [-0.3, -0.25) is 24.0 Å². The summed E-state index contributed by atoms with van der Waals surface area (Å²) >= 11 is 0. The predicted octanol–water partition coefficient (Wildman–Crippen LogP) is 5.41. The van der Waals surface area contributed by atoms with Crippen LogP contribution in [0.5, 0.6) is 11.6 Å². The van der Waals surface area contributed by atoms with Crippen LogP contribution in [-0.4, -0.2) is 100 Å². The number of nitrogens with one attached hydrogen (secondary N) is 2. The highest BCUT2D eigenvalue weighted by Crippen LogP contribution is 2.49. The van der Waals surface area contributed by atoms with Crippen molar-refractivity contribution in [2.45, 2.75) is 127 Å². The molecule has 3 saturated carbocycles. The minimum atomic E-state index is -4.01. The molecule has 14 nitrogen and oxygen atoms in total. The van der Waals surface area contributed by atoms with Crippen LogP contribution in [0.25, 0.3) is 10.8 Å². The van der Waals surface area contributed by atoms with E-state index in [2.05, 4.69) is 21.9 Å². The van der Waals surface area contributed by atoms with Gasteiger partial charge in [0.05, 0.1) is 24.1 Å². The van der Waals surface area contributed by atoms with Crippen molar-refractivity contribution in [2.24, 2.45) is 23.2 Å². The first-order chi connectivity index (χ1) is 27.0. The van der Waals surface area contributed by atoms with E-state index in [9.17, 15) is 27.9 Å². The number of ether oxygens (including phenoxy) is 2. The molecule has 57 heavy (non-hydrogen) atoms. The molecule has 3 aliphatic carbocycles. The lowest BCUT2D eigenvalue weighted by Gasteiger charge is -2.38. The summed E-state index contributed by atoms with van der Waals surface area (Å²) in [5.74, 6) is -1.76. The van der Waals surface area contributed by atoms with E-state index in [4.69, 9.17) is 9.47 Å². The Hall–Kier alpha value is -4.40. The van der Waals surface area contributed by atoms with Gasteiger partial charge in [-0.05, 0) is 88.0 Å². The van der Waals surface area contributed by atoms with Crippen molar-refractivity contribution in [2.75, 3.05) is 19.7 Å². The molecule has 2 aliphatic heterocycles. The third kappa shape index (κ3) is 8.31. The summed E-state index contributed by atoms with van der Waals surface area (Å²) in [5, 5.41) is 15.1. The number of rotatable bonds is 11. The lowest BCUT2D eigenvalue weighted by molar-refractivity contribution is -0.144. The standard InChI is InChI=1S/C42H57N5O9S/c1-6-19-55-33-23-43-36(31-14-10-9-13-30(31)33)56-29-21-32-35(48)44-42(38(50)45-57(53,54)41(5)17-18-41)22-28(42)12-8-7-11-26(2)20-27(3)34(37(49)46(32)24-29)47(39(51)52)25-40(4)15-16-40/h8-10,12-14,23,26-29,32,34H,6-7,11,15-22,24-25H2,1-5H3,(H,44,48)(H,45,50)(H,51,52)/t26-,27+,28+,29+,32-,34-,42+/m0/s1. The van der Waals surface area contributed by atoms with Gasteiger partial charge in [0, 0.05) is 29.7 Å². The van der Waals surface area contributed by atoms with E-state index in [1.54, 1.807) is 13.1 Å². The number of hydrogen-bond donors (Lipinski definition) is 3. The van der Waals surface area contributed by atoms with Crippen LogP contribution in [0.4, 0.5) is 4.79 Å². The van der Waals surface area contributed by atoms with Crippen molar-refractivity contribution in [1.29, 1.82) is 0 Å². The number of nitrogens with zero attached hydrogens (tertiary/aromatic N) is 3. The fraction of sp³-hybridized carbons (Fsp3) is 0.643. The Morgan fingerprint density at radius 3 is 2.47 bits per heavy atom. The highest BCUT2D eigenvalue weighted by molar-refractivity contribution is 7.91. The van der Waals surface area contributed by atoms with Crippen LogP contribution in [0.15, 0.2) is 42.6 Å². The summed E-state index contributed by atoms with van der Waals surface area (Å²) in [6.45, 7) is 10.3. The molecule has 1 aromatic carbocycles. The first-order valence-corrected chi connectivity index (χ1v) is 22.0. The van der Waals surface area contributed by atoms with E-state index in [1.807, 2.05) is 57.2 Å². The van der Waals surface area contributed by atoms with Gasteiger partial charge in [-0.25, -0.2) is 18.2 Å². The number of carbonyl (C=O) groups is 4. The Morgan fingerprint density at radius 1 is 1.09 bits per heavy atom. The molecule has 4 fully saturated rings. The second kappa shape index (κ2) is 15.4. The summed E-state index contributed by atoms with van der Waals surface area (Å²) in [6, 6.07) is 5.29. The highest BCUT2D eigenvalue weighted by atomic mass is 32.2. The van der Waals surface area contributed by atoms with Crippen molar-refractivity contribution in [3.8, 4) is 11.6 Å². The molecule has 7 atom stereocenters. The molecule has 0 spiro atoms. The molecule has 310 valence electrons. The zero-order valence-electron chi connectivity index (χ0n) is 33.7. The summed E-state index contributed by atoms with van der Waals surface area (Å²) in [5.41, 5.74) is -1.78. The largest absolute Gasteiger partial charge is 0.491 e. The molecule has 0 bridgehead atoms. The molecular formula is C42H57N5O9S. The topological polar surface area (TPSA) is 185 Å². The number of fused-ring (bicyclic) bond motifs is 3. The highest BCUT2D eigenvalue weighted by Gasteiger charge is 2.63. The number of hydrogen-bond acceptors (Lipinski definition) is 9. The van der Waals surface area contributed by atoms with Crippen LogP contribution in [-0.2, 0) is 24.4 Å². The summed E-state index contributed by atoms with van der Waals surface area (Å²) < 4.78 is 40.2. The van der Waals surface area contributed by atoms with E-state index >= 15 is 4.79 Å². The van der Waals surface area contributed by atoms with Gasteiger partial charge in [-0.1, -0.05) is 58.0 Å². The van der Waals surface area contributed by atoms with Crippen molar-refractivity contribution in [3.05, 3.63) is 42.6 Å². The van der Waals surface area contributed by atoms with Crippen LogP contribution >= 0.6 is 0 Å². The smallest absolute Gasteiger partial charge is 0.408 e. The van der Waals surface area contributed by atoms with E-state index in [0.29, 0.717) is 49.3 Å². The predicted molar refractivity (Wildman–Crippen MR) is 213 cm³/mol. The number of amides is 4. The minimum absolute atomic E-state index is 0.0263. The number of sulfonamides is 1. The molecule has 1 aromatic heterocycles. The Labute approximate surface area is 335 Å². The zero-order valence-corrected chi connectivity index (χ0v) is 34.5. The molecule has 5 aliphatic rings. The van der Waals surface area contributed by atoms with Crippen LogP contribution in [0, 0.1) is 23.2 Å². The maximum atomic E-state index is 15.1. The number of carboxylic acid groups (broad SMARTS) is 1. The lowest BCUT2D eigenvalue weighted by atomic mass is 9.86. The molecule has 4 amide bonds. The maximum Gasteiger partial charge on any atom is 0.408 e. The number of benzene rings is 1. The summed E-state index contributed by atoms with van der Waals surface area (Å²) in [6.07, 6.45) is 9.09. The molecule has 2 aromatic rings. The fourth-order valence-electron chi connectivity index (χ4n) is 8.60. The first kappa shape index (κ1) is 40.8. The van der Waals surface area contributed by atoms with Crippen molar-refractivity contribution in [3.63, 3.8) is 0 Å². The Morgan fingerprint density at radius 2 is 1.81 bits per heavy atom. The monoisotopic (exact) mass is 807 g/mol. The van der Waals surface area contributed by atoms with Crippen LogP contribution in [0.3, 0.4) is 0 Å². The molecule has 0 unspecified atom stereocenters. The maximum absolute atomic E-state index is 15.1. The normalized spacial score (nSPS) is 30.5. The average Bonchev–Trinajstić information content (AvgIpc) is 4.12. The van der Waals surface area contributed by atoms with Gasteiger partial charge in [0.2, 0.25) is 27.7 Å². The second-order valence-electron chi connectivity index (χ2n) is 17.9. The third-order valence-corrected chi connectivity index (χ3v) is 15.1. The quantitative estimate of drug-likeness (QED) is 0.248. The Bertz CT molecular complexity index is 2050.